The molecule has 5 nitrogen and oxygen atoms in total. The van der Waals surface area contributed by atoms with E-state index in [0.29, 0.717) is 19.4 Å². The van der Waals surface area contributed by atoms with Gasteiger partial charge in [-0.05, 0) is 25.3 Å². The lowest BCUT2D eigenvalue weighted by molar-refractivity contribution is -0.144. The Labute approximate surface area is 125 Å². The zero-order chi connectivity index (χ0) is 15.5. The summed E-state index contributed by atoms with van der Waals surface area (Å²) < 4.78 is 0. The molecule has 0 bridgehead atoms. The largest absolute Gasteiger partial charge is 0.480 e. The van der Waals surface area contributed by atoms with Crippen LogP contribution in [0.2, 0.25) is 0 Å². The lowest BCUT2D eigenvalue weighted by Gasteiger charge is -2.28. The van der Waals surface area contributed by atoms with Crippen LogP contribution in [0.1, 0.15) is 36.8 Å². The first kappa shape index (κ1) is 15.4. The predicted octanol–water partition coefficient (Wildman–Crippen LogP) is 2.53. The number of carboxylic acid groups (broad SMARTS) is 1. The van der Waals surface area contributed by atoms with E-state index in [1.165, 1.54) is 4.90 Å². The van der Waals surface area contributed by atoms with Crippen LogP contribution in [0.15, 0.2) is 24.3 Å². The molecular weight excluding hydrogens is 268 g/mol. The highest BCUT2D eigenvalue weighted by atomic mass is 16.4. The molecule has 0 unspecified atom stereocenters. The van der Waals surface area contributed by atoms with Crippen LogP contribution in [-0.2, 0) is 11.3 Å². The number of benzene rings is 1. The Morgan fingerprint density at radius 3 is 2.57 bits per heavy atom. The molecule has 0 saturated heterocycles. The van der Waals surface area contributed by atoms with Crippen molar-refractivity contribution in [3.05, 3.63) is 35.4 Å². The highest BCUT2D eigenvalue weighted by Crippen LogP contribution is 2.30. The van der Waals surface area contributed by atoms with Crippen molar-refractivity contribution in [3.8, 4) is 0 Å². The fourth-order valence-corrected chi connectivity index (χ4v) is 2.83. The Morgan fingerprint density at radius 2 is 2.00 bits per heavy atom. The number of aryl methyl sites for hydroxylation is 1. The van der Waals surface area contributed by atoms with E-state index >= 15 is 0 Å². The lowest BCUT2D eigenvalue weighted by Crippen LogP contribution is -2.55. The average molecular weight is 290 g/mol. The van der Waals surface area contributed by atoms with Gasteiger partial charge in [-0.25, -0.2) is 9.59 Å². The molecule has 21 heavy (non-hydrogen) atoms. The number of hydrogen-bond acceptors (Lipinski definition) is 2. The summed E-state index contributed by atoms with van der Waals surface area (Å²) in [5.41, 5.74) is 1.08. The molecule has 1 aliphatic carbocycles. The van der Waals surface area contributed by atoms with Crippen LogP contribution >= 0.6 is 0 Å². The van der Waals surface area contributed by atoms with E-state index < -0.39 is 11.5 Å². The Morgan fingerprint density at radius 1 is 1.33 bits per heavy atom. The molecule has 0 spiro atoms. The second-order valence-electron chi connectivity index (χ2n) is 5.87. The number of carbonyl (C=O) groups excluding carboxylic acids is 1. The van der Waals surface area contributed by atoms with Gasteiger partial charge in [0.25, 0.3) is 0 Å². The number of nitrogens with one attached hydrogen (secondary N) is 1. The Hall–Kier alpha value is -2.04. The van der Waals surface area contributed by atoms with Crippen LogP contribution in [0.4, 0.5) is 4.79 Å². The molecule has 0 heterocycles. The minimum Gasteiger partial charge on any atom is -0.480 e. The first-order chi connectivity index (χ1) is 9.93. The second-order valence-corrected chi connectivity index (χ2v) is 5.87. The summed E-state index contributed by atoms with van der Waals surface area (Å²) in [6.45, 7) is 2.46. The fraction of sp³-hybridized carbons (Fsp3) is 0.500. The van der Waals surface area contributed by atoms with Crippen molar-refractivity contribution in [1.82, 2.24) is 10.2 Å². The molecule has 5 heteroatoms. The van der Waals surface area contributed by atoms with Gasteiger partial charge in [0.2, 0.25) is 0 Å². The van der Waals surface area contributed by atoms with Gasteiger partial charge in [0, 0.05) is 13.6 Å². The van der Waals surface area contributed by atoms with Gasteiger partial charge in [0.15, 0.2) is 0 Å². The molecule has 0 atom stereocenters. The molecule has 1 aromatic rings. The summed E-state index contributed by atoms with van der Waals surface area (Å²) in [7, 11) is 1.68. The number of rotatable bonds is 4. The number of aliphatic carboxylic acids is 1. The first-order valence-electron chi connectivity index (χ1n) is 7.25. The summed E-state index contributed by atoms with van der Waals surface area (Å²) in [4.78, 5) is 25.2. The number of carboxylic acids is 1. The zero-order valence-electron chi connectivity index (χ0n) is 12.6. The van der Waals surface area contributed by atoms with Crippen molar-refractivity contribution in [1.29, 1.82) is 0 Å². The molecule has 1 aromatic carbocycles. The maximum absolute atomic E-state index is 12.2. The van der Waals surface area contributed by atoms with Gasteiger partial charge >= 0.3 is 12.0 Å². The first-order valence-corrected chi connectivity index (χ1v) is 7.25. The number of hydrogen-bond donors (Lipinski definition) is 2. The quantitative estimate of drug-likeness (QED) is 0.895. The number of carbonyl (C=O) groups is 2. The van der Waals surface area contributed by atoms with Gasteiger partial charge in [-0.3, -0.25) is 0 Å². The third kappa shape index (κ3) is 3.54. The molecule has 2 N–H and O–H groups in total. The summed E-state index contributed by atoms with van der Waals surface area (Å²) in [5, 5.41) is 12.1. The van der Waals surface area contributed by atoms with Crippen molar-refractivity contribution in [2.75, 3.05) is 7.05 Å². The van der Waals surface area contributed by atoms with Crippen molar-refractivity contribution >= 4 is 12.0 Å². The highest BCUT2D eigenvalue weighted by Gasteiger charge is 2.43. The number of urea groups is 1. The van der Waals surface area contributed by atoms with Crippen LogP contribution in [0.5, 0.6) is 0 Å². The van der Waals surface area contributed by atoms with Gasteiger partial charge in [0.05, 0.1) is 0 Å². The second kappa shape index (κ2) is 6.16. The fourth-order valence-electron chi connectivity index (χ4n) is 2.83. The van der Waals surface area contributed by atoms with E-state index in [4.69, 9.17) is 0 Å². The van der Waals surface area contributed by atoms with E-state index in [2.05, 4.69) is 5.32 Å². The molecule has 2 amide bonds. The molecule has 114 valence electrons. The molecule has 1 fully saturated rings. The normalized spacial score (nSPS) is 16.5. The van der Waals surface area contributed by atoms with Crippen LogP contribution in [0.3, 0.4) is 0 Å². The van der Waals surface area contributed by atoms with Gasteiger partial charge in [0.1, 0.15) is 5.54 Å². The Kier molecular flexibility index (Phi) is 4.50. The van der Waals surface area contributed by atoms with Gasteiger partial charge < -0.3 is 15.3 Å². The number of nitrogens with zero attached hydrogens (tertiary/aromatic N) is 1. The van der Waals surface area contributed by atoms with Crippen molar-refractivity contribution in [2.45, 2.75) is 44.7 Å². The Bertz CT molecular complexity index is 536. The molecular formula is C16H22N2O3. The monoisotopic (exact) mass is 290 g/mol. The molecule has 0 aromatic heterocycles. The third-order valence-corrected chi connectivity index (χ3v) is 4.06. The van der Waals surface area contributed by atoms with Crippen molar-refractivity contribution < 1.29 is 14.7 Å². The van der Waals surface area contributed by atoms with Crippen LogP contribution in [0, 0.1) is 6.92 Å². The van der Waals surface area contributed by atoms with E-state index in [-0.39, 0.29) is 6.03 Å². The summed E-state index contributed by atoms with van der Waals surface area (Å²) in [6.07, 6.45) is 2.70. The zero-order valence-corrected chi connectivity index (χ0v) is 12.6. The maximum atomic E-state index is 12.2. The highest BCUT2D eigenvalue weighted by molar-refractivity contribution is 5.86. The molecule has 1 saturated carbocycles. The van der Waals surface area contributed by atoms with Gasteiger partial charge in [-0.15, -0.1) is 0 Å². The van der Waals surface area contributed by atoms with Gasteiger partial charge in [-0.2, -0.15) is 0 Å². The van der Waals surface area contributed by atoms with Crippen molar-refractivity contribution in [2.24, 2.45) is 0 Å². The van der Waals surface area contributed by atoms with Crippen LogP contribution in [-0.4, -0.2) is 34.6 Å². The lowest BCUT2D eigenvalue weighted by atomic mass is 9.98. The average Bonchev–Trinajstić information content (AvgIpc) is 2.88. The standard InChI is InChI=1S/C16H22N2O3/c1-12-6-5-7-13(10-12)11-18(2)15(21)17-16(14(19)20)8-3-4-9-16/h5-7,10H,3-4,8-9,11H2,1-2H3,(H,17,21)(H,19,20). The minimum absolute atomic E-state index is 0.333. The summed E-state index contributed by atoms with van der Waals surface area (Å²) in [6, 6.07) is 7.60. The maximum Gasteiger partial charge on any atom is 0.329 e. The Balaban J connectivity index is 2.01. The molecule has 0 radical (unpaired) electrons. The summed E-state index contributed by atoms with van der Waals surface area (Å²) in [5.74, 6) is -0.933. The third-order valence-electron chi connectivity index (χ3n) is 4.06. The molecule has 1 aliphatic rings. The van der Waals surface area contributed by atoms with Crippen LogP contribution < -0.4 is 5.32 Å². The van der Waals surface area contributed by atoms with Crippen LogP contribution in [0.25, 0.3) is 0 Å². The van der Waals surface area contributed by atoms with E-state index in [0.717, 1.165) is 24.0 Å². The molecule has 2 rings (SSSR count). The molecule has 0 aliphatic heterocycles. The summed E-state index contributed by atoms with van der Waals surface area (Å²) >= 11 is 0. The van der Waals surface area contributed by atoms with E-state index in [1.54, 1.807) is 7.05 Å². The SMILES string of the molecule is Cc1cccc(CN(C)C(=O)NC2(C(=O)O)CCCC2)c1. The topological polar surface area (TPSA) is 69.6 Å². The predicted molar refractivity (Wildman–Crippen MR) is 80.0 cm³/mol. The smallest absolute Gasteiger partial charge is 0.329 e. The van der Waals surface area contributed by atoms with E-state index in [9.17, 15) is 14.7 Å². The van der Waals surface area contributed by atoms with E-state index in [1.807, 2.05) is 31.2 Å². The minimum atomic E-state index is -1.09. The number of amides is 2. The van der Waals surface area contributed by atoms with Gasteiger partial charge in [-0.1, -0.05) is 42.7 Å². The van der Waals surface area contributed by atoms with Crippen molar-refractivity contribution in [3.63, 3.8) is 0 Å².